The van der Waals surface area contributed by atoms with Gasteiger partial charge in [0.2, 0.25) is 0 Å². The van der Waals surface area contributed by atoms with Crippen LogP contribution < -0.4 is 4.74 Å². The van der Waals surface area contributed by atoms with E-state index in [1.165, 1.54) is 7.11 Å². The number of fused-ring (bicyclic) bond motifs is 1. The quantitative estimate of drug-likeness (QED) is 0.543. The highest BCUT2D eigenvalue weighted by Crippen LogP contribution is 2.33. The van der Waals surface area contributed by atoms with Crippen molar-refractivity contribution in [1.29, 1.82) is 0 Å². The molecule has 0 aliphatic heterocycles. The first-order valence-electron chi connectivity index (χ1n) is 9.76. The van der Waals surface area contributed by atoms with Crippen molar-refractivity contribution in [3.8, 4) is 5.75 Å². The minimum atomic E-state index is -0.101. The molecule has 0 N–H and O–H groups in total. The molecule has 6 nitrogen and oxygen atoms in total. The Morgan fingerprint density at radius 3 is 2.67 bits per heavy atom. The first kappa shape index (κ1) is 19.4. The number of rotatable bonds is 7. The van der Waals surface area contributed by atoms with Crippen molar-refractivity contribution in [3.05, 3.63) is 29.7 Å². The van der Waals surface area contributed by atoms with Gasteiger partial charge in [-0.2, -0.15) is 0 Å². The van der Waals surface area contributed by atoms with Crippen molar-refractivity contribution in [3.63, 3.8) is 0 Å². The Morgan fingerprint density at radius 1 is 1.26 bits per heavy atom. The summed E-state index contributed by atoms with van der Waals surface area (Å²) >= 11 is 0. The van der Waals surface area contributed by atoms with Gasteiger partial charge in [0.05, 0.1) is 25.3 Å². The third-order valence-corrected chi connectivity index (χ3v) is 5.51. The normalized spacial score (nSPS) is 19.8. The van der Waals surface area contributed by atoms with Gasteiger partial charge >= 0.3 is 5.97 Å². The summed E-state index contributed by atoms with van der Waals surface area (Å²) < 4.78 is 12.3. The number of esters is 1. The number of ketones is 1. The summed E-state index contributed by atoms with van der Waals surface area (Å²) in [7, 11) is 1.45. The summed E-state index contributed by atoms with van der Waals surface area (Å²) in [4.78, 5) is 29.1. The highest BCUT2D eigenvalue weighted by Gasteiger charge is 2.27. The molecular formula is C21H28N2O4. The van der Waals surface area contributed by atoms with E-state index in [1.54, 1.807) is 0 Å². The molecule has 0 amide bonds. The monoisotopic (exact) mass is 372 g/mol. The Kier molecular flexibility index (Phi) is 6.14. The second kappa shape index (κ2) is 8.55. The zero-order chi connectivity index (χ0) is 19.4. The fourth-order valence-corrected chi connectivity index (χ4v) is 4.07. The van der Waals surface area contributed by atoms with Crippen LogP contribution in [0.25, 0.3) is 5.65 Å². The van der Waals surface area contributed by atoms with Gasteiger partial charge in [-0.1, -0.05) is 0 Å². The summed E-state index contributed by atoms with van der Waals surface area (Å²) in [6.07, 6.45) is 6.90. The van der Waals surface area contributed by atoms with Crippen molar-refractivity contribution in [2.45, 2.75) is 52.4 Å². The molecule has 0 unspecified atom stereocenters. The first-order chi connectivity index (χ1) is 13.0. The molecule has 2 aromatic heterocycles. The predicted molar refractivity (Wildman–Crippen MR) is 102 cm³/mol. The number of ether oxygens (including phenoxy) is 2. The third kappa shape index (κ3) is 4.15. The number of carbonyl (C=O) groups excluding carboxylic acids is 2. The summed E-state index contributed by atoms with van der Waals surface area (Å²) in [6.45, 7) is 4.36. The number of hydrogen-bond acceptors (Lipinski definition) is 5. The summed E-state index contributed by atoms with van der Waals surface area (Å²) in [5, 5.41) is 0. The van der Waals surface area contributed by atoms with Crippen molar-refractivity contribution in [2.75, 3.05) is 13.7 Å². The molecule has 1 saturated carbocycles. The number of imidazole rings is 1. The van der Waals surface area contributed by atoms with Crippen LogP contribution in [0.1, 0.15) is 61.6 Å². The molecule has 0 spiro atoms. The number of hydrogen-bond donors (Lipinski definition) is 0. The second-order valence-electron chi connectivity index (χ2n) is 7.25. The molecule has 2 heterocycles. The van der Waals surface area contributed by atoms with E-state index in [-0.39, 0.29) is 17.7 Å². The lowest BCUT2D eigenvalue weighted by Gasteiger charge is -2.26. The lowest BCUT2D eigenvalue weighted by atomic mass is 9.79. The SMILES string of the molecule is CCOc1cccn2c(C(=O)CCC3CCC(C(=O)OC)CC3)c(C)nc12. The maximum absolute atomic E-state index is 12.9. The van der Waals surface area contributed by atoms with Crippen molar-refractivity contribution in [2.24, 2.45) is 11.8 Å². The molecule has 0 saturated heterocycles. The lowest BCUT2D eigenvalue weighted by molar-refractivity contribution is -0.146. The number of aromatic nitrogens is 2. The van der Waals surface area contributed by atoms with Crippen LogP contribution in [0.15, 0.2) is 18.3 Å². The topological polar surface area (TPSA) is 69.9 Å². The summed E-state index contributed by atoms with van der Waals surface area (Å²) in [6, 6.07) is 3.75. The maximum atomic E-state index is 12.9. The Morgan fingerprint density at radius 2 is 2.00 bits per heavy atom. The van der Waals surface area contributed by atoms with Crippen LogP contribution in [-0.2, 0) is 9.53 Å². The number of Topliss-reactive ketones (excluding diaryl/α,β-unsaturated/α-hetero) is 1. The van der Waals surface area contributed by atoms with E-state index in [1.807, 2.05) is 36.6 Å². The largest absolute Gasteiger partial charge is 0.490 e. The highest BCUT2D eigenvalue weighted by molar-refractivity contribution is 5.96. The van der Waals surface area contributed by atoms with Crippen LogP contribution in [-0.4, -0.2) is 34.9 Å². The summed E-state index contributed by atoms with van der Waals surface area (Å²) in [5.41, 5.74) is 2.08. The molecular weight excluding hydrogens is 344 g/mol. The Labute approximate surface area is 159 Å². The minimum Gasteiger partial charge on any atom is -0.490 e. The molecule has 1 aliphatic carbocycles. The van der Waals surface area contributed by atoms with Gasteiger partial charge in [0.1, 0.15) is 5.69 Å². The number of pyridine rings is 1. The number of nitrogens with zero attached hydrogens (tertiary/aromatic N) is 2. The average Bonchev–Trinajstić information content (AvgIpc) is 3.03. The van der Waals surface area contributed by atoms with Gasteiger partial charge in [-0.3, -0.25) is 14.0 Å². The van der Waals surface area contributed by atoms with Gasteiger partial charge in [-0.05, 0) is 64.0 Å². The van der Waals surface area contributed by atoms with Crippen LogP contribution in [0.4, 0.5) is 0 Å². The minimum absolute atomic E-state index is 0.0277. The van der Waals surface area contributed by atoms with Crippen LogP contribution >= 0.6 is 0 Å². The second-order valence-corrected chi connectivity index (χ2v) is 7.25. The zero-order valence-corrected chi connectivity index (χ0v) is 16.4. The van der Waals surface area contributed by atoms with Gasteiger partial charge in [0.25, 0.3) is 0 Å². The first-order valence-corrected chi connectivity index (χ1v) is 9.76. The maximum Gasteiger partial charge on any atom is 0.308 e. The van der Waals surface area contributed by atoms with Gasteiger partial charge in [0, 0.05) is 12.6 Å². The Balaban J connectivity index is 1.65. The average molecular weight is 372 g/mol. The van der Waals surface area contributed by atoms with Crippen molar-refractivity contribution >= 4 is 17.4 Å². The molecule has 1 aliphatic rings. The smallest absolute Gasteiger partial charge is 0.308 e. The van der Waals surface area contributed by atoms with Crippen LogP contribution in [0.2, 0.25) is 0 Å². The molecule has 27 heavy (non-hydrogen) atoms. The molecule has 0 aromatic carbocycles. The number of methoxy groups -OCH3 is 1. The number of aryl methyl sites for hydroxylation is 1. The van der Waals surface area contributed by atoms with Gasteiger partial charge < -0.3 is 9.47 Å². The van der Waals surface area contributed by atoms with Gasteiger partial charge in [0.15, 0.2) is 17.2 Å². The molecule has 2 aromatic rings. The zero-order valence-electron chi connectivity index (χ0n) is 16.4. The van der Waals surface area contributed by atoms with E-state index in [4.69, 9.17) is 9.47 Å². The molecule has 0 radical (unpaired) electrons. The van der Waals surface area contributed by atoms with Crippen LogP contribution in [0.3, 0.4) is 0 Å². The fraction of sp³-hybridized carbons (Fsp3) is 0.571. The summed E-state index contributed by atoms with van der Waals surface area (Å²) in [5.74, 6) is 1.23. The van der Waals surface area contributed by atoms with E-state index in [2.05, 4.69) is 4.98 Å². The standard InChI is InChI=1S/C21H28N2O4/c1-4-27-18-6-5-13-23-19(14(2)22-20(18)23)17(24)12-9-15-7-10-16(11-8-15)21(25)26-3/h5-6,13,15-16H,4,7-12H2,1-3H3. The van der Waals surface area contributed by atoms with Crippen molar-refractivity contribution in [1.82, 2.24) is 9.38 Å². The molecule has 6 heteroatoms. The van der Waals surface area contributed by atoms with E-state index < -0.39 is 0 Å². The Hall–Kier alpha value is -2.37. The van der Waals surface area contributed by atoms with Gasteiger partial charge in [-0.25, -0.2) is 4.98 Å². The van der Waals surface area contributed by atoms with E-state index in [0.29, 0.717) is 36.0 Å². The predicted octanol–water partition coefficient (Wildman–Crippen LogP) is 3.98. The van der Waals surface area contributed by atoms with Crippen LogP contribution in [0.5, 0.6) is 5.75 Å². The molecule has 3 rings (SSSR count). The van der Waals surface area contributed by atoms with E-state index in [9.17, 15) is 9.59 Å². The van der Waals surface area contributed by atoms with Crippen molar-refractivity contribution < 1.29 is 19.1 Å². The fourth-order valence-electron chi connectivity index (χ4n) is 4.07. The molecule has 146 valence electrons. The highest BCUT2D eigenvalue weighted by atomic mass is 16.5. The molecule has 1 fully saturated rings. The number of carbonyl (C=O) groups is 2. The molecule has 0 atom stereocenters. The van der Waals surface area contributed by atoms with E-state index >= 15 is 0 Å². The van der Waals surface area contributed by atoms with Crippen LogP contribution in [0, 0.1) is 18.8 Å². The third-order valence-electron chi connectivity index (χ3n) is 5.51. The molecule has 0 bridgehead atoms. The van der Waals surface area contributed by atoms with Gasteiger partial charge in [-0.15, -0.1) is 0 Å². The lowest BCUT2D eigenvalue weighted by Crippen LogP contribution is -2.23. The Bertz CT molecular complexity index is 819. The van der Waals surface area contributed by atoms with E-state index in [0.717, 1.165) is 37.8 Å².